The van der Waals surface area contributed by atoms with Gasteiger partial charge in [-0.25, -0.2) is 9.36 Å². The smallest absolute Gasteiger partial charge is 0.394 e. The van der Waals surface area contributed by atoms with Crippen LogP contribution in [0.4, 0.5) is 5.82 Å². The largest absolute Gasteiger partial charge is 0.472 e. The first-order valence-corrected chi connectivity index (χ1v) is 20.3. The van der Waals surface area contributed by atoms with Gasteiger partial charge in [-0.3, -0.25) is 18.4 Å². The number of anilines is 1. The number of rotatable bonds is 16. The summed E-state index contributed by atoms with van der Waals surface area (Å²) in [7, 11) is -5.26. The number of aromatic nitrogens is 2. The van der Waals surface area contributed by atoms with E-state index in [4.69, 9.17) is 61.4 Å². The van der Waals surface area contributed by atoms with Crippen molar-refractivity contribution in [3.05, 3.63) is 22.7 Å². The van der Waals surface area contributed by atoms with Crippen LogP contribution in [-0.4, -0.2) is 209 Å². The molecule has 344 valence electrons. The number of carbonyl (C=O) groups excluding carboxylic acids is 1. The van der Waals surface area contributed by atoms with E-state index in [9.17, 15) is 65.0 Å². The second kappa shape index (κ2) is 20.4. The Labute approximate surface area is 340 Å². The maximum absolute atomic E-state index is 13.1. The van der Waals surface area contributed by atoms with E-state index >= 15 is 0 Å². The first-order chi connectivity index (χ1) is 28.2. The quantitative estimate of drug-likeness (QED) is 0.0685. The Morgan fingerprint density at radius 1 is 0.900 bits per heavy atom. The molecule has 1 amide bonds. The fourth-order valence-corrected chi connectivity index (χ4v) is 8.21. The lowest BCUT2D eigenvalue weighted by Gasteiger charge is -2.49. The lowest BCUT2D eigenvalue weighted by Crippen LogP contribution is -2.69. The number of aliphatic hydroxyl groups excluding tert-OH is 9. The third-order valence-corrected chi connectivity index (χ3v) is 11.6. The molecule has 4 aliphatic rings. The summed E-state index contributed by atoms with van der Waals surface area (Å²) >= 11 is 0. The van der Waals surface area contributed by atoms with E-state index in [1.54, 1.807) is 0 Å². The predicted octanol–water partition coefficient (Wildman–Crippen LogP) is -9.82. The Morgan fingerprint density at radius 2 is 1.55 bits per heavy atom. The van der Waals surface area contributed by atoms with Gasteiger partial charge >= 0.3 is 13.5 Å². The van der Waals surface area contributed by atoms with Crippen LogP contribution in [0.2, 0.25) is 0 Å². The highest BCUT2D eigenvalue weighted by Gasteiger charge is 2.54. The summed E-state index contributed by atoms with van der Waals surface area (Å²) in [5, 5.41) is 98.3. The molecule has 3 aliphatic heterocycles. The number of amides is 1. The number of ether oxygens (including phenoxy) is 5. The van der Waals surface area contributed by atoms with Crippen LogP contribution in [0.1, 0.15) is 19.1 Å². The molecule has 28 nitrogen and oxygen atoms in total. The van der Waals surface area contributed by atoms with E-state index in [2.05, 4.69) is 10.3 Å². The third-order valence-electron chi connectivity index (χ3n) is 10.6. The van der Waals surface area contributed by atoms with Crippen molar-refractivity contribution in [1.82, 2.24) is 14.9 Å². The molecule has 60 heavy (non-hydrogen) atoms. The second-order valence-corrected chi connectivity index (χ2v) is 16.2. The Morgan fingerprint density at radius 3 is 2.18 bits per heavy atom. The van der Waals surface area contributed by atoms with Crippen LogP contribution in [0.15, 0.2) is 17.1 Å². The average molecular weight is 891 g/mol. The zero-order valence-corrected chi connectivity index (χ0v) is 32.6. The number of hydrogen-bond donors (Lipinski definition) is 16. The predicted molar refractivity (Wildman–Crippen MR) is 195 cm³/mol. The van der Waals surface area contributed by atoms with Gasteiger partial charge in [0, 0.05) is 18.8 Å². The molecule has 1 aliphatic carbocycles. The lowest BCUT2D eigenvalue weighted by atomic mass is 9.83. The number of hydrogen-bond acceptors (Lipinski definition) is 25. The Bertz CT molecular complexity index is 1690. The van der Waals surface area contributed by atoms with Gasteiger partial charge in [0.15, 0.2) is 18.8 Å². The van der Waals surface area contributed by atoms with Crippen molar-refractivity contribution in [2.45, 2.75) is 135 Å². The molecule has 0 spiro atoms. The Kier molecular flexibility index (Phi) is 16.5. The molecule has 4 heterocycles. The van der Waals surface area contributed by atoms with Gasteiger partial charge in [-0.2, -0.15) is 4.98 Å². The standard InChI is InChI=1S/C31H55N8O20P/c32-3-1-11(41)27(49)37-10-5-9(34)24(23(48)25(10)58-29-19(44)16(36)17(42)13(7-40)56-29)57-30-22(47)20(45)26(12(6-33)55-30)59-60(51,52)53-8-14-18(43)21(46)28(54-14)39-4-2-15(35)38-31(39)50/h2,4,9-14,16-26,28-30,40-48H,1,3,5-8,32-34,36H2,(H,37,49)(H,51,52)(H2,35,38,50)/t9-,10+,11-,12+,13+,14+,16-,17+,18+,19+,20+,21+,22+,23-,24+,25-,26+,28+,29+,30+/m0/s1. The summed E-state index contributed by atoms with van der Waals surface area (Å²) in [4.78, 5) is 39.1. The van der Waals surface area contributed by atoms with Crippen LogP contribution in [0.25, 0.3) is 0 Å². The molecular formula is C31H55N8O20P. The van der Waals surface area contributed by atoms with Gasteiger partial charge in [-0.15, -0.1) is 0 Å². The van der Waals surface area contributed by atoms with Crippen molar-refractivity contribution in [1.29, 1.82) is 0 Å². The fraction of sp³-hybridized carbons (Fsp3) is 0.839. The second-order valence-electron chi connectivity index (χ2n) is 14.8. The van der Waals surface area contributed by atoms with E-state index in [0.29, 0.717) is 0 Å². The first-order valence-electron chi connectivity index (χ1n) is 18.8. The topological polar surface area (TPSA) is 478 Å². The van der Waals surface area contributed by atoms with Crippen LogP contribution in [0, 0.1) is 0 Å². The minimum atomic E-state index is -5.26. The van der Waals surface area contributed by atoms with Gasteiger partial charge in [-0.1, -0.05) is 0 Å². The number of aliphatic hydroxyl groups is 9. The van der Waals surface area contributed by atoms with Crippen molar-refractivity contribution in [3.8, 4) is 0 Å². The molecule has 0 aromatic carbocycles. The van der Waals surface area contributed by atoms with Gasteiger partial charge in [-0.05, 0) is 25.5 Å². The molecule has 21 atom stereocenters. The highest BCUT2D eigenvalue weighted by atomic mass is 31.2. The number of nitrogens with one attached hydrogen (secondary N) is 1. The van der Waals surface area contributed by atoms with Crippen LogP contribution in [-0.2, 0) is 42.1 Å². The molecule has 1 aromatic rings. The number of phosphoric ester groups is 1. The number of nitrogens with zero attached hydrogens (tertiary/aromatic N) is 2. The summed E-state index contributed by atoms with van der Waals surface area (Å²) in [5.41, 5.74) is 28.1. The van der Waals surface area contributed by atoms with Gasteiger partial charge in [0.25, 0.3) is 0 Å². The highest BCUT2D eigenvalue weighted by molar-refractivity contribution is 7.47. The molecule has 0 radical (unpaired) electrons. The Hall–Kier alpha value is -2.46. The normalized spacial score (nSPS) is 42.7. The van der Waals surface area contributed by atoms with Crippen LogP contribution in [0.5, 0.6) is 0 Å². The third kappa shape index (κ3) is 10.7. The summed E-state index contributed by atoms with van der Waals surface area (Å²) in [6.45, 7) is -2.27. The summed E-state index contributed by atoms with van der Waals surface area (Å²) in [6.07, 6.45) is -28.3. The van der Waals surface area contributed by atoms with E-state index in [1.807, 2.05) is 0 Å². The van der Waals surface area contributed by atoms with E-state index < -0.39 is 162 Å². The van der Waals surface area contributed by atoms with Crippen LogP contribution >= 0.6 is 7.82 Å². The lowest BCUT2D eigenvalue weighted by molar-refractivity contribution is -0.331. The van der Waals surface area contributed by atoms with Crippen molar-refractivity contribution in [2.75, 3.05) is 32.0 Å². The number of nitrogens with two attached hydrogens (primary N) is 5. The zero-order valence-electron chi connectivity index (χ0n) is 31.7. The zero-order chi connectivity index (χ0) is 44.4. The average Bonchev–Trinajstić information content (AvgIpc) is 3.48. The molecule has 1 unspecified atom stereocenters. The van der Waals surface area contributed by atoms with Crippen molar-refractivity contribution in [2.24, 2.45) is 22.9 Å². The molecular weight excluding hydrogens is 835 g/mol. The summed E-state index contributed by atoms with van der Waals surface area (Å²) in [6, 6.07) is -2.64. The van der Waals surface area contributed by atoms with Gasteiger partial charge < -0.3 is 109 Å². The number of phosphoric acid groups is 1. The SMILES string of the molecule is NCC[C@H](O)C(=O)N[C@@H]1C[C@H](N)[C@@H](O[C@H]2O[C@H](CN)[C@@H](OP(=O)(O)OC[C@H]3O[C@@H](n4ccc(N)nc4=O)[C@H](O)[C@@H]3O)[C@H](O)[C@H]2O)[C@H](O)[C@H]1O[C@H]1O[C@H](CO)[C@@H](O)[C@H](N)[C@H]1O. The minimum absolute atomic E-state index is 0.0598. The Balaban J connectivity index is 1.26. The maximum atomic E-state index is 13.1. The molecule has 0 bridgehead atoms. The molecule has 4 fully saturated rings. The monoisotopic (exact) mass is 890 g/mol. The van der Waals surface area contributed by atoms with Gasteiger partial charge in [0.1, 0.15) is 91.3 Å². The van der Waals surface area contributed by atoms with Crippen LogP contribution < -0.4 is 39.7 Å². The number of nitrogen functional groups attached to an aromatic ring is 1. The first kappa shape index (κ1) is 48.6. The molecule has 29 heteroatoms. The number of carbonyl (C=O) groups is 1. The summed E-state index contributed by atoms with van der Waals surface area (Å²) in [5.74, 6) is -1.06. The van der Waals surface area contributed by atoms with Gasteiger partial charge in [0.2, 0.25) is 5.91 Å². The maximum Gasteiger partial charge on any atom is 0.472 e. The van der Waals surface area contributed by atoms with E-state index in [-0.39, 0.29) is 25.2 Å². The summed E-state index contributed by atoms with van der Waals surface area (Å²) < 4.78 is 52.4. The highest BCUT2D eigenvalue weighted by Crippen LogP contribution is 2.48. The van der Waals surface area contributed by atoms with Crippen molar-refractivity contribution < 1.29 is 92.9 Å². The molecule has 1 aromatic heterocycles. The molecule has 21 N–H and O–H groups in total. The van der Waals surface area contributed by atoms with E-state index in [0.717, 1.165) is 10.8 Å². The molecule has 5 rings (SSSR count). The molecule has 1 saturated carbocycles. The van der Waals surface area contributed by atoms with Crippen molar-refractivity contribution >= 4 is 19.5 Å². The minimum Gasteiger partial charge on any atom is -0.394 e. The van der Waals surface area contributed by atoms with Gasteiger partial charge in [0.05, 0.1) is 25.3 Å². The molecule has 3 saturated heterocycles. The fourth-order valence-electron chi connectivity index (χ4n) is 7.25. The van der Waals surface area contributed by atoms with Crippen molar-refractivity contribution in [3.63, 3.8) is 0 Å². The van der Waals surface area contributed by atoms with E-state index in [1.165, 1.54) is 6.07 Å². The van der Waals surface area contributed by atoms with Crippen LogP contribution in [0.3, 0.4) is 0 Å².